The summed E-state index contributed by atoms with van der Waals surface area (Å²) in [6.07, 6.45) is 5.63. The molecule has 1 saturated heterocycles. The molecule has 0 N–H and O–H groups in total. The summed E-state index contributed by atoms with van der Waals surface area (Å²) in [4.78, 5) is 23.6. The van der Waals surface area contributed by atoms with E-state index in [9.17, 15) is 9.59 Å². The van der Waals surface area contributed by atoms with Gasteiger partial charge in [0.1, 0.15) is 23.4 Å². The number of carbonyl (C=O) groups is 2. The van der Waals surface area contributed by atoms with E-state index in [1.54, 1.807) is 0 Å². The van der Waals surface area contributed by atoms with Gasteiger partial charge in [0.2, 0.25) is 0 Å². The lowest BCUT2D eigenvalue weighted by molar-refractivity contribution is -0.317. The molecule has 1 heterocycles. The smallest absolute Gasteiger partial charge is 0.303 e. The van der Waals surface area contributed by atoms with E-state index in [4.69, 9.17) is 14.2 Å². The van der Waals surface area contributed by atoms with Gasteiger partial charge in [-0.15, -0.1) is 0 Å². The van der Waals surface area contributed by atoms with Crippen LogP contribution in [-0.4, -0.2) is 35.3 Å². The van der Waals surface area contributed by atoms with Crippen molar-refractivity contribution >= 4 is 11.9 Å². The summed E-state index contributed by atoms with van der Waals surface area (Å²) in [6.45, 7) is 16.2. The first-order chi connectivity index (χ1) is 13.2. The molecule has 0 bridgehead atoms. The van der Waals surface area contributed by atoms with Crippen molar-refractivity contribution in [1.82, 2.24) is 0 Å². The highest BCUT2D eigenvalue weighted by Crippen LogP contribution is 2.66. The van der Waals surface area contributed by atoms with Gasteiger partial charge < -0.3 is 14.2 Å². The van der Waals surface area contributed by atoms with Crippen molar-refractivity contribution in [2.75, 3.05) is 0 Å². The zero-order chi connectivity index (χ0) is 21.8. The van der Waals surface area contributed by atoms with E-state index in [-0.39, 0.29) is 35.0 Å². The van der Waals surface area contributed by atoms with Crippen LogP contribution in [0.2, 0.25) is 0 Å². The van der Waals surface area contributed by atoms with E-state index in [0.717, 1.165) is 19.3 Å². The Balaban J connectivity index is 2.00. The molecule has 3 aliphatic rings. The van der Waals surface area contributed by atoms with E-state index in [1.807, 2.05) is 13.8 Å². The van der Waals surface area contributed by atoms with Crippen molar-refractivity contribution in [3.63, 3.8) is 0 Å². The molecule has 2 saturated carbocycles. The normalized spacial score (nSPS) is 44.8. The van der Waals surface area contributed by atoms with Gasteiger partial charge >= 0.3 is 11.9 Å². The van der Waals surface area contributed by atoms with Crippen LogP contribution in [0, 0.1) is 22.7 Å². The molecule has 0 spiro atoms. The maximum Gasteiger partial charge on any atom is 0.303 e. The predicted molar refractivity (Wildman–Crippen MR) is 111 cm³/mol. The third-order valence-corrected chi connectivity index (χ3v) is 8.75. The molecular formula is C24H40O5. The van der Waals surface area contributed by atoms with E-state index in [1.165, 1.54) is 33.1 Å². The maximum atomic E-state index is 12.0. The number of fused-ring (bicyclic) bond motifs is 3. The fourth-order valence-electron chi connectivity index (χ4n) is 7.26. The Labute approximate surface area is 176 Å². The SMILES string of the molecule is CC(=O)O[C@H]1C[C@H]2C(C)(C)CCC[C@]2(C)[C@H]2CC[C@](C)([C@@H](C)OC(C)=O)O[C@]12C. The van der Waals surface area contributed by atoms with Crippen LogP contribution in [0.4, 0.5) is 0 Å². The Kier molecular flexibility index (Phi) is 5.64. The molecule has 2 aliphatic carbocycles. The molecule has 7 atom stereocenters. The summed E-state index contributed by atoms with van der Waals surface area (Å²) < 4.78 is 18.3. The lowest BCUT2D eigenvalue weighted by atomic mass is 9.43. The summed E-state index contributed by atoms with van der Waals surface area (Å²) >= 11 is 0. The first-order valence-electron chi connectivity index (χ1n) is 11.3. The van der Waals surface area contributed by atoms with Crippen LogP contribution >= 0.6 is 0 Å². The van der Waals surface area contributed by atoms with Crippen molar-refractivity contribution < 1.29 is 23.8 Å². The second kappa shape index (κ2) is 7.25. The highest BCUT2D eigenvalue weighted by Gasteiger charge is 2.66. The molecule has 0 unspecified atom stereocenters. The first-order valence-corrected chi connectivity index (χ1v) is 11.3. The first kappa shape index (κ1) is 22.6. The van der Waals surface area contributed by atoms with Crippen LogP contribution in [0.3, 0.4) is 0 Å². The number of ether oxygens (including phenoxy) is 3. The van der Waals surface area contributed by atoms with E-state index >= 15 is 0 Å². The molecule has 0 aromatic carbocycles. The van der Waals surface area contributed by atoms with Crippen LogP contribution in [0.1, 0.15) is 93.9 Å². The lowest BCUT2D eigenvalue weighted by Gasteiger charge is -2.67. The van der Waals surface area contributed by atoms with Crippen LogP contribution in [0.25, 0.3) is 0 Å². The Bertz CT molecular complexity index is 672. The van der Waals surface area contributed by atoms with Crippen molar-refractivity contribution in [2.45, 2.75) is 117 Å². The van der Waals surface area contributed by atoms with Gasteiger partial charge in [-0.2, -0.15) is 0 Å². The van der Waals surface area contributed by atoms with Gasteiger partial charge in [-0.25, -0.2) is 0 Å². The Morgan fingerprint density at radius 2 is 1.62 bits per heavy atom. The molecule has 5 nitrogen and oxygen atoms in total. The monoisotopic (exact) mass is 408 g/mol. The van der Waals surface area contributed by atoms with Crippen molar-refractivity contribution in [1.29, 1.82) is 0 Å². The summed E-state index contributed by atoms with van der Waals surface area (Å²) in [7, 11) is 0. The number of esters is 2. The second-order valence-electron chi connectivity index (χ2n) is 11.2. The quantitative estimate of drug-likeness (QED) is 0.612. The Hall–Kier alpha value is -1.10. The summed E-state index contributed by atoms with van der Waals surface area (Å²) in [6, 6.07) is 0. The third-order valence-electron chi connectivity index (χ3n) is 8.75. The molecule has 0 amide bonds. The van der Waals surface area contributed by atoms with Crippen LogP contribution in [0.5, 0.6) is 0 Å². The summed E-state index contributed by atoms with van der Waals surface area (Å²) in [5.74, 6) is 0.243. The molecule has 1 aliphatic heterocycles. The van der Waals surface area contributed by atoms with Crippen molar-refractivity contribution in [3.8, 4) is 0 Å². The minimum absolute atomic E-state index is 0.152. The van der Waals surface area contributed by atoms with Gasteiger partial charge in [0.05, 0.1) is 0 Å². The van der Waals surface area contributed by atoms with Crippen LogP contribution in [0.15, 0.2) is 0 Å². The number of hydrogen-bond acceptors (Lipinski definition) is 5. The van der Waals surface area contributed by atoms with Gasteiger partial charge in [0.25, 0.3) is 0 Å². The number of carbonyl (C=O) groups excluding carboxylic acids is 2. The molecule has 0 aromatic rings. The molecule has 5 heteroatoms. The average molecular weight is 409 g/mol. The van der Waals surface area contributed by atoms with E-state index in [0.29, 0.717) is 11.8 Å². The summed E-state index contributed by atoms with van der Waals surface area (Å²) in [5, 5.41) is 0. The highest BCUT2D eigenvalue weighted by atomic mass is 16.6. The molecule has 3 fully saturated rings. The fourth-order valence-corrected chi connectivity index (χ4v) is 7.26. The van der Waals surface area contributed by atoms with Gasteiger partial charge in [-0.1, -0.05) is 27.2 Å². The van der Waals surface area contributed by atoms with Gasteiger partial charge in [-0.05, 0) is 75.5 Å². The van der Waals surface area contributed by atoms with Crippen LogP contribution < -0.4 is 0 Å². The number of hydrogen-bond donors (Lipinski definition) is 0. The van der Waals surface area contributed by atoms with E-state index in [2.05, 4.69) is 27.7 Å². The van der Waals surface area contributed by atoms with Gasteiger partial charge in [0.15, 0.2) is 0 Å². The Morgan fingerprint density at radius 3 is 2.21 bits per heavy atom. The highest BCUT2D eigenvalue weighted by molar-refractivity contribution is 5.66. The number of rotatable bonds is 3. The van der Waals surface area contributed by atoms with Crippen molar-refractivity contribution in [3.05, 3.63) is 0 Å². The third kappa shape index (κ3) is 3.73. The Morgan fingerprint density at radius 1 is 0.966 bits per heavy atom. The van der Waals surface area contributed by atoms with Crippen molar-refractivity contribution in [2.24, 2.45) is 22.7 Å². The zero-order valence-corrected chi connectivity index (χ0v) is 19.6. The summed E-state index contributed by atoms with van der Waals surface area (Å²) in [5.41, 5.74) is -0.813. The molecule has 3 rings (SSSR count). The molecule has 0 aromatic heterocycles. The molecule has 0 radical (unpaired) electrons. The second-order valence-corrected chi connectivity index (χ2v) is 11.2. The zero-order valence-electron chi connectivity index (χ0n) is 19.6. The molecule has 29 heavy (non-hydrogen) atoms. The maximum absolute atomic E-state index is 12.0. The molecule has 166 valence electrons. The van der Waals surface area contributed by atoms with E-state index < -0.39 is 11.2 Å². The topological polar surface area (TPSA) is 61.8 Å². The molecular weight excluding hydrogens is 368 g/mol. The van der Waals surface area contributed by atoms with Gasteiger partial charge in [0, 0.05) is 13.8 Å². The minimum Gasteiger partial charge on any atom is -0.460 e. The minimum atomic E-state index is -0.595. The average Bonchev–Trinajstić information content (AvgIpc) is 2.55. The largest absolute Gasteiger partial charge is 0.460 e. The van der Waals surface area contributed by atoms with Gasteiger partial charge in [-0.3, -0.25) is 9.59 Å². The lowest BCUT2D eigenvalue weighted by Crippen LogP contribution is -2.70. The predicted octanol–water partition coefficient (Wildman–Crippen LogP) is 5.05. The van der Waals surface area contributed by atoms with Crippen LogP contribution in [-0.2, 0) is 23.8 Å². The standard InChI is InChI=1S/C24H40O5/c1-15(27-16(2)25)23(7)13-10-18-22(6)12-9-11-21(4,5)19(22)14-20(28-17(3)26)24(18,8)29-23/h15,18-20H,9-14H2,1-8H3/t15-,18-,19+,20+,22-,23-,24+/m1/s1. The fraction of sp³-hybridized carbons (Fsp3) is 0.917.